The molecule has 0 spiro atoms. The Bertz CT molecular complexity index is 1090. The predicted octanol–water partition coefficient (Wildman–Crippen LogP) is 10.2. The van der Waals surface area contributed by atoms with Crippen LogP contribution in [-0.2, 0) is 6.42 Å². The minimum Gasteiger partial charge on any atom is -0.206 e. The van der Waals surface area contributed by atoms with Gasteiger partial charge in [0.1, 0.15) is 5.82 Å². The van der Waals surface area contributed by atoms with Crippen LogP contribution < -0.4 is 0 Å². The predicted molar refractivity (Wildman–Crippen MR) is 140 cm³/mol. The van der Waals surface area contributed by atoms with E-state index in [0.717, 1.165) is 35.3 Å². The summed E-state index contributed by atoms with van der Waals surface area (Å²) < 4.78 is 41.3. The molecule has 0 nitrogen and oxygen atoms in total. The molecule has 3 aromatic carbocycles. The molecule has 0 N–H and O–H groups in total. The van der Waals surface area contributed by atoms with Crippen LogP contribution in [0.1, 0.15) is 75.5 Å². The molecule has 0 aliphatic heterocycles. The summed E-state index contributed by atoms with van der Waals surface area (Å²) in [5.41, 5.74) is 4.09. The van der Waals surface area contributed by atoms with E-state index in [1.807, 2.05) is 24.3 Å². The van der Waals surface area contributed by atoms with E-state index < -0.39 is 17.8 Å². The zero-order chi connectivity index (χ0) is 24.9. The lowest BCUT2D eigenvalue weighted by molar-refractivity contribution is 0.145. The molecular weight excluding hydrogens is 441 g/mol. The Morgan fingerprint density at radius 1 is 0.800 bits per heavy atom. The summed E-state index contributed by atoms with van der Waals surface area (Å²) in [4.78, 5) is 0. The highest BCUT2D eigenvalue weighted by molar-refractivity contribution is 5.71. The van der Waals surface area contributed by atoms with Crippen LogP contribution in [0.15, 0.2) is 60.7 Å². The molecular formula is C32H37F3. The van der Waals surface area contributed by atoms with E-state index in [0.29, 0.717) is 5.56 Å². The van der Waals surface area contributed by atoms with Crippen LogP contribution in [0.2, 0.25) is 0 Å². The second kappa shape index (κ2) is 11.5. The van der Waals surface area contributed by atoms with Gasteiger partial charge in [-0.25, -0.2) is 13.2 Å². The maximum absolute atomic E-state index is 14.7. The van der Waals surface area contributed by atoms with Gasteiger partial charge in [-0.2, -0.15) is 0 Å². The fourth-order valence-corrected chi connectivity index (χ4v) is 5.64. The summed E-state index contributed by atoms with van der Waals surface area (Å²) in [5.74, 6) is 1.82. The first-order valence-corrected chi connectivity index (χ1v) is 13.1. The molecule has 0 bridgehead atoms. The molecule has 3 aromatic rings. The zero-order valence-electron chi connectivity index (χ0n) is 21.2. The van der Waals surface area contributed by atoms with Gasteiger partial charge in [-0.1, -0.05) is 93.8 Å². The van der Waals surface area contributed by atoms with Gasteiger partial charge >= 0.3 is 0 Å². The Hall–Kier alpha value is -2.55. The van der Waals surface area contributed by atoms with Gasteiger partial charge in [-0.05, 0) is 78.2 Å². The fraction of sp³-hybridized carbons (Fsp3) is 0.438. The van der Waals surface area contributed by atoms with Gasteiger partial charge in [0.25, 0.3) is 6.43 Å². The monoisotopic (exact) mass is 478 g/mol. The maximum Gasteiger partial charge on any atom is 0.266 e. The number of hydrogen-bond acceptors (Lipinski definition) is 0. The summed E-state index contributed by atoms with van der Waals surface area (Å²) >= 11 is 0. The van der Waals surface area contributed by atoms with Crippen LogP contribution in [0.25, 0.3) is 22.3 Å². The molecule has 3 heteroatoms. The molecule has 35 heavy (non-hydrogen) atoms. The van der Waals surface area contributed by atoms with Gasteiger partial charge in [-0.3, -0.25) is 0 Å². The Labute approximate surface area is 208 Å². The average molecular weight is 479 g/mol. The highest BCUT2D eigenvalue weighted by Gasteiger charge is 2.24. The fourth-order valence-electron chi connectivity index (χ4n) is 5.64. The van der Waals surface area contributed by atoms with Gasteiger partial charge < -0.3 is 0 Å². The van der Waals surface area contributed by atoms with Crippen LogP contribution in [0.4, 0.5) is 13.2 Å². The van der Waals surface area contributed by atoms with Gasteiger partial charge in [0.15, 0.2) is 0 Å². The van der Waals surface area contributed by atoms with Crippen molar-refractivity contribution < 1.29 is 13.2 Å². The van der Waals surface area contributed by atoms with E-state index in [2.05, 4.69) is 38.1 Å². The van der Waals surface area contributed by atoms with E-state index in [1.54, 1.807) is 12.1 Å². The topological polar surface area (TPSA) is 0 Å². The first-order valence-electron chi connectivity index (χ1n) is 13.1. The number of benzene rings is 3. The highest BCUT2D eigenvalue weighted by Crippen LogP contribution is 2.37. The highest BCUT2D eigenvalue weighted by atomic mass is 19.3. The van der Waals surface area contributed by atoms with E-state index in [-0.39, 0.29) is 11.1 Å². The van der Waals surface area contributed by atoms with Gasteiger partial charge in [0.2, 0.25) is 0 Å². The van der Waals surface area contributed by atoms with Crippen molar-refractivity contribution in [3.8, 4) is 22.3 Å². The van der Waals surface area contributed by atoms with Crippen molar-refractivity contribution in [3.05, 3.63) is 83.2 Å². The van der Waals surface area contributed by atoms with Crippen molar-refractivity contribution in [1.29, 1.82) is 0 Å². The van der Waals surface area contributed by atoms with E-state index in [9.17, 15) is 13.2 Å². The second-order valence-electron chi connectivity index (χ2n) is 10.4. The molecule has 0 radical (unpaired) electrons. The third-order valence-electron chi connectivity index (χ3n) is 8.28. The van der Waals surface area contributed by atoms with E-state index in [1.165, 1.54) is 51.0 Å². The average Bonchev–Trinajstić information content (AvgIpc) is 2.88. The van der Waals surface area contributed by atoms with Crippen LogP contribution in [0, 0.1) is 30.5 Å². The Morgan fingerprint density at radius 2 is 1.37 bits per heavy atom. The number of aryl methyl sites for hydroxylation is 2. The molecule has 186 valence electrons. The van der Waals surface area contributed by atoms with E-state index in [4.69, 9.17) is 0 Å². The third kappa shape index (κ3) is 6.00. The molecule has 0 saturated heterocycles. The summed E-state index contributed by atoms with van der Waals surface area (Å²) in [5, 5.41) is 0. The SMILES string of the molecule is CCC(C)C1CCC(CCc2ccc(-c3ccc(-c4ccc(C)c(C(F)F)c4F)cc3)cc2)CC1. The standard InChI is InChI=1S/C32H37F3/c1-4-21(2)25-12-8-23(9-13-25)6-7-24-10-14-26(15-11-24)27-16-18-28(19-17-27)29-20-5-22(3)30(31(29)33)32(34)35/h5,10-11,14-21,23,25,32H,4,6-9,12-13H2,1-3H3. The smallest absolute Gasteiger partial charge is 0.206 e. The van der Waals surface area contributed by atoms with Gasteiger partial charge in [0, 0.05) is 5.56 Å². The second-order valence-corrected chi connectivity index (χ2v) is 10.4. The molecule has 4 rings (SSSR count). The first kappa shape index (κ1) is 25.5. The molecule has 0 amide bonds. The van der Waals surface area contributed by atoms with Crippen molar-refractivity contribution >= 4 is 0 Å². The normalized spacial score (nSPS) is 19.2. The minimum atomic E-state index is -2.83. The van der Waals surface area contributed by atoms with Crippen molar-refractivity contribution in [2.24, 2.45) is 17.8 Å². The number of alkyl halides is 2. The molecule has 0 heterocycles. The lowest BCUT2D eigenvalue weighted by atomic mass is 9.74. The van der Waals surface area contributed by atoms with Crippen molar-refractivity contribution in [2.45, 2.75) is 72.1 Å². The molecule has 1 fully saturated rings. The summed E-state index contributed by atoms with van der Waals surface area (Å²) in [6.07, 6.45) is 6.40. The Kier molecular flexibility index (Phi) is 8.36. The van der Waals surface area contributed by atoms with Crippen molar-refractivity contribution in [1.82, 2.24) is 0 Å². The van der Waals surface area contributed by atoms with Gasteiger partial charge in [0.05, 0.1) is 5.56 Å². The van der Waals surface area contributed by atoms with Crippen LogP contribution in [0.3, 0.4) is 0 Å². The molecule has 0 aromatic heterocycles. The summed E-state index contributed by atoms with van der Waals surface area (Å²) in [6, 6.07) is 19.3. The molecule has 1 aliphatic carbocycles. The van der Waals surface area contributed by atoms with Crippen molar-refractivity contribution in [2.75, 3.05) is 0 Å². The molecule has 1 saturated carbocycles. The summed E-state index contributed by atoms with van der Waals surface area (Å²) in [7, 11) is 0. The lowest BCUT2D eigenvalue weighted by Crippen LogP contribution is -2.20. The number of halogens is 3. The van der Waals surface area contributed by atoms with Crippen LogP contribution >= 0.6 is 0 Å². The summed E-state index contributed by atoms with van der Waals surface area (Å²) in [6.45, 7) is 6.23. The molecule has 1 atom stereocenters. The Balaban J connectivity index is 1.37. The van der Waals surface area contributed by atoms with Crippen LogP contribution in [0.5, 0.6) is 0 Å². The van der Waals surface area contributed by atoms with Crippen molar-refractivity contribution in [3.63, 3.8) is 0 Å². The third-order valence-corrected chi connectivity index (χ3v) is 8.28. The quantitative estimate of drug-likeness (QED) is 0.302. The Morgan fingerprint density at radius 3 is 1.94 bits per heavy atom. The largest absolute Gasteiger partial charge is 0.266 e. The minimum absolute atomic E-state index is 0.214. The zero-order valence-corrected chi connectivity index (χ0v) is 21.2. The van der Waals surface area contributed by atoms with Gasteiger partial charge in [-0.15, -0.1) is 0 Å². The van der Waals surface area contributed by atoms with E-state index >= 15 is 0 Å². The maximum atomic E-state index is 14.7. The number of hydrogen-bond donors (Lipinski definition) is 0. The first-order chi connectivity index (χ1) is 16.9. The number of rotatable bonds is 8. The molecule has 1 aliphatic rings. The van der Waals surface area contributed by atoms with Crippen LogP contribution in [-0.4, -0.2) is 0 Å². The lowest BCUT2D eigenvalue weighted by Gasteiger charge is -2.32. The molecule has 1 unspecified atom stereocenters.